The molecule has 23 heavy (non-hydrogen) atoms. The number of carbonyl (C=O) groups is 1. The van der Waals surface area contributed by atoms with Crippen molar-refractivity contribution in [2.75, 3.05) is 18.8 Å². The molecule has 1 aliphatic heterocycles. The number of nitrogens with zero attached hydrogens (tertiary/aromatic N) is 3. The van der Waals surface area contributed by atoms with Crippen molar-refractivity contribution in [1.82, 2.24) is 14.9 Å². The van der Waals surface area contributed by atoms with E-state index in [0.29, 0.717) is 5.75 Å². The molecule has 0 aliphatic carbocycles. The van der Waals surface area contributed by atoms with E-state index in [1.165, 1.54) is 10.4 Å². The molecule has 2 aromatic rings. The summed E-state index contributed by atoms with van der Waals surface area (Å²) in [7, 11) is 0. The van der Waals surface area contributed by atoms with Crippen molar-refractivity contribution in [2.24, 2.45) is 0 Å². The number of carbonyl (C=O) groups excluding carboxylic acids is 1. The third-order valence-electron chi connectivity index (χ3n) is 4.31. The smallest absolute Gasteiger partial charge is 0.232 e. The van der Waals surface area contributed by atoms with Gasteiger partial charge in [0.05, 0.1) is 5.75 Å². The fourth-order valence-corrected chi connectivity index (χ4v) is 5.00. The Morgan fingerprint density at radius 2 is 2.00 bits per heavy atom. The minimum atomic E-state index is 0.237. The molecule has 0 bridgehead atoms. The van der Waals surface area contributed by atoms with Gasteiger partial charge in [-0.15, -0.1) is 11.3 Å². The van der Waals surface area contributed by atoms with Crippen LogP contribution >= 0.6 is 23.1 Å². The maximum Gasteiger partial charge on any atom is 0.232 e. The number of hydrogen-bond acceptors (Lipinski definition) is 5. The van der Waals surface area contributed by atoms with Crippen LogP contribution in [0.4, 0.5) is 0 Å². The number of amides is 1. The van der Waals surface area contributed by atoms with Crippen LogP contribution in [0, 0.1) is 13.8 Å². The summed E-state index contributed by atoms with van der Waals surface area (Å²) < 4.78 is 0. The zero-order valence-electron chi connectivity index (χ0n) is 14.0. The third-order valence-corrected chi connectivity index (χ3v) is 6.37. The van der Waals surface area contributed by atoms with Crippen LogP contribution in [0.1, 0.15) is 42.5 Å². The number of aryl methyl sites for hydroxylation is 3. The molecule has 0 atom stereocenters. The van der Waals surface area contributed by atoms with Crippen LogP contribution in [0.2, 0.25) is 0 Å². The van der Waals surface area contributed by atoms with Gasteiger partial charge in [-0.3, -0.25) is 4.79 Å². The van der Waals surface area contributed by atoms with Crippen molar-refractivity contribution in [3.8, 4) is 0 Å². The first-order chi connectivity index (χ1) is 11.1. The van der Waals surface area contributed by atoms with Crippen LogP contribution in [0.5, 0.6) is 0 Å². The largest absolute Gasteiger partial charge is 0.342 e. The lowest BCUT2D eigenvalue weighted by molar-refractivity contribution is -0.127. The van der Waals surface area contributed by atoms with Crippen molar-refractivity contribution < 1.29 is 4.79 Å². The quantitative estimate of drug-likeness (QED) is 0.605. The summed E-state index contributed by atoms with van der Waals surface area (Å²) in [6, 6.07) is 0. The van der Waals surface area contributed by atoms with Gasteiger partial charge in [-0.1, -0.05) is 18.7 Å². The van der Waals surface area contributed by atoms with Crippen molar-refractivity contribution in [2.45, 2.75) is 51.5 Å². The summed E-state index contributed by atoms with van der Waals surface area (Å²) in [6.45, 7) is 8.23. The van der Waals surface area contributed by atoms with Gasteiger partial charge >= 0.3 is 0 Å². The van der Waals surface area contributed by atoms with E-state index in [4.69, 9.17) is 9.97 Å². The van der Waals surface area contributed by atoms with Gasteiger partial charge < -0.3 is 4.90 Å². The lowest BCUT2D eigenvalue weighted by Gasteiger charge is -2.14. The minimum Gasteiger partial charge on any atom is -0.342 e. The van der Waals surface area contributed by atoms with Gasteiger partial charge in [-0.25, -0.2) is 9.97 Å². The monoisotopic (exact) mass is 349 g/mol. The maximum absolute atomic E-state index is 12.3. The molecule has 3 heterocycles. The molecule has 1 fully saturated rings. The van der Waals surface area contributed by atoms with Gasteiger partial charge in [0.2, 0.25) is 5.91 Å². The van der Waals surface area contributed by atoms with E-state index < -0.39 is 0 Å². The first-order valence-corrected chi connectivity index (χ1v) is 10.1. The average molecular weight is 350 g/mol. The molecule has 0 N–H and O–H groups in total. The Kier molecular flexibility index (Phi) is 5.21. The SMILES string of the molecule is CCCc1nc(SCC(=O)N2CCCC2)c2c(C)c(C)sc2n1. The van der Waals surface area contributed by atoms with Gasteiger partial charge in [0, 0.05) is 29.8 Å². The highest BCUT2D eigenvalue weighted by Gasteiger charge is 2.20. The Bertz CT molecular complexity index is 720. The molecule has 0 unspecified atom stereocenters. The van der Waals surface area contributed by atoms with E-state index in [0.717, 1.165) is 59.8 Å². The van der Waals surface area contributed by atoms with Gasteiger partial charge in [-0.2, -0.15) is 0 Å². The zero-order valence-corrected chi connectivity index (χ0v) is 15.6. The number of thiophene rings is 1. The number of rotatable bonds is 5. The van der Waals surface area contributed by atoms with Gasteiger partial charge in [0.1, 0.15) is 15.7 Å². The number of aromatic nitrogens is 2. The summed E-state index contributed by atoms with van der Waals surface area (Å²) in [5.41, 5.74) is 1.25. The van der Waals surface area contributed by atoms with E-state index in [1.54, 1.807) is 23.1 Å². The summed E-state index contributed by atoms with van der Waals surface area (Å²) in [4.78, 5) is 26.1. The molecule has 1 saturated heterocycles. The average Bonchev–Trinajstić information content (AvgIpc) is 3.14. The van der Waals surface area contributed by atoms with Crippen molar-refractivity contribution in [1.29, 1.82) is 0 Å². The molecule has 3 rings (SSSR count). The first-order valence-electron chi connectivity index (χ1n) is 8.27. The van der Waals surface area contributed by atoms with Crippen molar-refractivity contribution in [3.63, 3.8) is 0 Å². The molecular formula is C17H23N3OS2. The summed E-state index contributed by atoms with van der Waals surface area (Å²) >= 11 is 3.31. The highest BCUT2D eigenvalue weighted by molar-refractivity contribution is 8.00. The van der Waals surface area contributed by atoms with Crippen molar-refractivity contribution >= 4 is 39.2 Å². The van der Waals surface area contributed by atoms with E-state index in [-0.39, 0.29) is 5.91 Å². The van der Waals surface area contributed by atoms with Crippen LogP contribution in [0.3, 0.4) is 0 Å². The molecule has 6 heteroatoms. The zero-order chi connectivity index (χ0) is 16.4. The van der Waals surface area contributed by atoms with Crippen LogP contribution in [-0.4, -0.2) is 39.6 Å². The van der Waals surface area contributed by atoms with E-state index in [9.17, 15) is 4.79 Å². The van der Waals surface area contributed by atoms with Crippen LogP contribution < -0.4 is 0 Å². The van der Waals surface area contributed by atoms with Crippen molar-refractivity contribution in [3.05, 3.63) is 16.3 Å². The molecule has 124 valence electrons. The highest BCUT2D eigenvalue weighted by atomic mass is 32.2. The predicted octanol–water partition coefficient (Wildman–Crippen LogP) is 3.98. The molecule has 2 aromatic heterocycles. The fourth-order valence-electron chi connectivity index (χ4n) is 2.88. The summed E-state index contributed by atoms with van der Waals surface area (Å²) in [5.74, 6) is 1.62. The van der Waals surface area contributed by atoms with Crippen LogP contribution in [-0.2, 0) is 11.2 Å². The molecule has 0 spiro atoms. The second-order valence-electron chi connectivity index (χ2n) is 6.03. The second-order valence-corrected chi connectivity index (χ2v) is 8.20. The predicted molar refractivity (Wildman–Crippen MR) is 97.4 cm³/mol. The van der Waals surface area contributed by atoms with E-state index >= 15 is 0 Å². The maximum atomic E-state index is 12.3. The van der Waals surface area contributed by atoms with Gasteiger partial charge in [0.25, 0.3) is 0 Å². The summed E-state index contributed by atoms with van der Waals surface area (Å²) in [5, 5.41) is 2.12. The Morgan fingerprint density at radius 1 is 1.26 bits per heavy atom. The molecule has 1 aliphatic rings. The highest BCUT2D eigenvalue weighted by Crippen LogP contribution is 2.35. The normalized spacial score (nSPS) is 14.8. The van der Waals surface area contributed by atoms with Crippen LogP contribution in [0.15, 0.2) is 5.03 Å². The van der Waals surface area contributed by atoms with Gasteiger partial charge in [-0.05, 0) is 38.7 Å². The van der Waals surface area contributed by atoms with Gasteiger partial charge in [0.15, 0.2) is 0 Å². The molecule has 0 radical (unpaired) electrons. The van der Waals surface area contributed by atoms with E-state index in [1.807, 2.05) is 4.90 Å². The first kappa shape index (κ1) is 16.7. The number of hydrogen-bond donors (Lipinski definition) is 0. The Balaban J connectivity index is 1.86. The summed E-state index contributed by atoms with van der Waals surface area (Å²) in [6.07, 6.45) is 4.19. The van der Waals surface area contributed by atoms with Crippen LogP contribution in [0.25, 0.3) is 10.2 Å². The molecular weight excluding hydrogens is 326 g/mol. The number of fused-ring (bicyclic) bond motifs is 1. The lowest BCUT2D eigenvalue weighted by atomic mass is 10.2. The standard InChI is InChI=1S/C17H23N3OS2/c1-4-7-13-18-16(15-11(2)12(3)23-17(15)19-13)22-10-14(21)20-8-5-6-9-20/h4-10H2,1-3H3. The third kappa shape index (κ3) is 3.53. The Hall–Kier alpha value is -1.14. The lowest BCUT2D eigenvalue weighted by Crippen LogP contribution is -2.29. The topological polar surface area (TPSA) is 46.1 Å². The van der Waals surface area contributed by atoms with E-state index in [2.05, 4.69) is 20.8 Å². The molecule has 0 saturated carbocycles. The minimum absolute atomic E-state index is 0.237. The number of thioether (sulfide) groups is 1. The fraction of sp³-hybridized carbons (Fsp3) is 0.588. The molecule has 4 nitrogen and oxygen atoms in total. The Labute approximate surface area is 145 Å². The number of likely N-dealkylation sites (tertiary alicyclic amines) is 1. The Morgan fingerprint density at radius 3 is 2.70 bits per heavy atom. The molecule has 1 amide bonds. The second kappa shape index (κ2) is 7.18. The molecule has 0 aromatic carbocycles.